The second kappa shape index (κ2) is 5.29. The highest BCUT2D eigenvalue weighted by molar-refractivity contribution is 5.32. The van der Waals surface area contributed by atoms with E-state index in [1.165, 1.54) is 0 Å². The molecule has 2 N–H and O–H groups in total. The summed E-state index contributed by atoms with van der Waals surface area (Å²) in [6, 6.07) is 6.67. The summed E-state index contributed by atoms with van der Waals surface area (Å²) >= 11 is 0. The van der Waals surface area contributed by atoms with Crippen molar-refractivity contribution >= 4 is 0 Å². The Hall–Kier alpha value is -1.06. The number of aliphatic hydroxyl groups is 1. The van der Waals surface area contributed by atoms with Crippen molar-refractivity contribution in [3.05, 3.63) is 29.8 Å². The van der Waals surface area contributed by atoms with Gasteiger partial charge in [-0.25, -0.2) is 0 Å². The summed E-state index contributed by atoms with van der Waals surface area (Å²) in [5.74, 6) is -0.355. The van der Waals surface area contributed by atoms with Crippen LogP contribution in [-0.2, 0) is 5.60 Å². The lowest BCUT2D eigenvalue weighted by molar-refractivity contribution is -0.0619. The molecule has 0 bridgehead atoms. The summed E-state index contributed by atoms with van der Waals surface area (Å²) < 4.78 is 24.4. The average Bonchev–Trinajstić information content (AvgIpc) is 2.46. The van der Waals surface area contributed by atoms with Gasteiger partial charge in [0, 0.05) is 15.2 Å². The Balaban J connectivity index is 2.51. The number of benzene rings is 1. The van der Waals surface area contributed by atoms with Crippen LogP contribution in [0.25, 0.3) is 0 Å². The molecular formula is C15H23NO2. The number of nitrogens with zero attached hydrogens (tertiary/aromatic N) is 1. The molecule has 2 atom stereocenters. The van der Waals surface area contributed by atoms with Gasteiger partial charge in [0.05, 0.1) is 5.60 Å². The Labute approximate surface area is 113 Å². The molecule has 0 aliphatic heterocycles. The first-order valence-electron chi connectivity index (χ1n) is 7.86. The molecule has 1 aromatic rings. The molecule has 0 saturated heterocycles. The number of phenolic OH excluding ortho intramolecular Hbond substituents is 1. The third kappa shape index (κ3) is 2.68. The summed E-state index contributed by atoms with van der Waals surface area (Å²) in [5.41, 5.74) is -0.349. The fourth-order valence-electron chi connectivity index (χ4n) is 2.74. The monoisotopic (exact) mass is 252 g/mol. The zero-order valence-electron chi connectivity index (χ0n) is 14.0. The van der Waals surface area contributed by atoms with Crippen LogP contribution in [0.4, 0.5) is 0 Å². The van der Waals surface area contributed by atoms with Crippen LogP contribution in [0.1, 0.15) is 34.0 Å². The molecule has 1 fully saturated rings. The highest BCUT2D eigenvalue weighted by Gasteiger charge is 2.40. The molecule has 3 heteroatoms. The first-order chi connectivity index (χ1) is 9.84. The molecule has 0 heterocycles. The second-order valence-corrected chi connectivity index (χ2v) is 5.26. The van der Waals surface area contributed by atoms with E-state index in [-0.39, 0.29) is 5.75 Å². The van der Waals surface area contributed by atoms with E-state index in [1.54, 1.807) is 43.3 Å². The van der Waals surface area contributed by atoms with Crippen LogP contribution in [0.2, 0.25) is 0 Å². The zero-order valence-corrected chi connectivity index (χ0v) is 11.0. The van der Waals surface area contributed by atoms with Crippen molar-refractivity contribution in [2.75, 3.05) is 20.6 Å². The van der Waals surface area contributed by atoms with Crippen molar-refractivity contribution in [3.8, 4) is 5.75 Å². The minimum Gasteiger partial charge on any atom is -0.508 e. The third-order valence-corrected chi connectivity index (χ3v) is 3.60. The summed E-state index contributed by atoms with van der Waals surface area (Å²) in [6.45, 7) is -1.59. The Morgan fingerprint density at radius 1 is 1.50 bits per heavy atom. The van der Waals surface area contributed by atoms with E-state index in [1.807, 2.05) is 0 Å². The van der Waals surface area contributed by atoms with Crippen LogP contribution in [-0.4, -0.2) is 37.1 Å². The molecule has 2 rings (SSSR count). The van der Waals surface area contributed by atoms with Gasteiger partial charge in [-0.05, 0) is 44.6 Å². The zero-order chi connectivity index (χ0) is 15.7. The maximum absolute atomic E-state index is 9.73. The molecule has 1 saturated carbocycles. The Bertz CT molecular complexity index is 496. The van der Waals surface area contributed by atoms with E-state index in [0.29, 0.717) is 18.4 Å². The van der Waals surface area contributed by atoms with E-state index in [4.69, 9.17) is 9.28 Å². The van der Waals surface area contributed by atoms with Gasteiger partial charge in [0.1, 0.15) is 5.75 Å². The SMILES string of the molecule is [2H]O[C@@]1(c2cccc(O)c2)CCCC[C@H]1C([2H])([2H])N(C)C. The first-order valence-corrected chi connectivity index (χ1v) is 6.46. The van der Waals surface area contributed by atoms with E-state index < -0.39 is 18.0 Å². The summed E-state index contributed by atoms with van der Waals surface area (Å²) in [5, 5.41) is 14.9. The summed E-state index contributed by atoms with van der Waals surface area (Å²) in [6.07, 6.45) is 3.04. The number of phenols is 1. The highest BCUT2D eigenvalue weighted by Crippen LogP contribution is 2.42. The molecule has 3 nitrogen and oxygen atoms in total. The van der Waals surface area contributed by atoms with E-state index in [0.717, 1.165) is 12.8 Å². The van der Waals surface area contributed by atoms with Crippen LogP contribution >= 0.6 is 0 Å². The molecule has 18 heavy (non-hydrogen) atoms. The fourth-order valence-corrected chi connectivity index (χ4v) is 2.74. The van der Waals surface area contributed by atoms with E-state index in [2.05, 4.69) is 0 Å². The molecular weight excluding hydrogens is 226 g/mol. The lowest BCUT2D eigenvalue weighted by Crippen LogP contribution is -2.43. The molecule has 0 amide bonds. The molecule has 0 spiro atoms. The Morgan fingerprint density at radius 2 is 2.33 bits per heavy atom. The second-order valence-electron chi connectivity index (χ2n) is 5.26. The lowest BCUT2D eigenvalue weighted by atomic mass is 9.71. The Kier molecular flexibility index (Phi) is 2.88. The van der Waals surface area contributed by atoms with Crippen molar-refractivity contribution in [1.29, 1.82) is 1.43 Å². The highest BCUT2D eigenvalue weighted by atomic mass is 16.3. The largest absolute Gasteiger partial charge is 0.508 e. The van der Waals surface area contributed by atoms with Crippen molar-refractivity contribution in [1.82, 2.24) is 4.90 Å². The number of hydrogen-bond acceptors (Lipinski definition) is 3. The first kappa shape index (κ1) is 9.82. The average molecular weight is 252 g/mol. The topological polar surface area (TPSA) is 43.7 Å². The predicted molar refractivity (Wildman–Crippen MR) is 72.5 cm³/mol. The molecule has 1 aliphatic rings. The minimum absolute atomic E-state index is 0.110. The molecule has 1 aliphatic carbocycles. The molecule has 0 aromatic heterocycles. The van der Waals surface area contributed by atoms with Gasteiger partial charge in [-0.2, -0.15) is 0 Å². The van der Waals surface area contributed by atoms with Crippen LogP contribution in [0.5, 0.6) is 5.75 Å². The molecule has 0 radical (unpaired) electrons. The maximum Gasteiger partial charge on any atom is 0.211 e. The van der Waals surface area contributed by atoms with Gasteiger partial charge in [0.25, 0.3) is 0 Å². The van der Waals surface area contributed by atoms with Gasteiger partial charge in [-0.15, -0.1) is 0 Å². The van der Waals surface area contributed by atoms with Crippen LogP contribution in [0.3, 0.4) is 0 Å². The Morgan fingerprint density at radius 3 is 3.00 bits per heavy atom. The van der Waals surface area contributed by atoms with Gasteiger partial charge in [-0.1, -0.05) is 25.0 Å². The summed E-state index contributed by atoms with van der Waals surface area (Å²) in [4.78, 5) is 1.54. The van der Waals surface area contributed by atoms with Gasteiger partial charge in [0.2, 0.25) is 1.43 Å². The van der Waals surface area contributed by atoms with Crippen LogP contribution in [0, 0.1) is 5.92 Å². The van der Waals surface area contributed by atoms with Crippen LogP contribution in [0.15, 0.2) is 24.3 Å². The summed E-state index contributed by atoms with van der Waals surface area (Å²) in [7, 11) is 3.40. The van der Waals surface area contributed by atoms with E-state index in [9.17, 15) is 5.11 Å². The number of aromatic hydroxyl groups is 1. The third-order valence-electron chi connectivity index (χ3n) is 3.60. The molecule has 1 aromatic carbocycles. The van der Waals surface area contributed by atoms with Crippen molar-refractivity contribution in [2.24, 2.45) is 5.92 Å². The quantitative estimate of drug-likeness (QED) is 0.864. The standard InChI is InChI=1S/C15H23NO2/c1-16(2)11-13-6-3-4-9-15(13,18)12-7-5-8-14(17)10-12/h5,7-8,10,13,17-18H,3-4,6,9,11H2,1-2H3/t13-,15+/m0/s1/i11D2,18D. The van der Waals surface area contributed by atoms with Crippen molar-refractivity contribution in [3.63, 3.8) is 0 Å². The van der Waals surface area contributed by atoms with Gasteiger partial charge < -0.3 is 15.1 Å². The van der Waals surface area contributed by atoms with Crippen LogP contribution < -0.4 is 0 Å². The van der Waals surface area contributed by atoms with Gasteiger partial charge >= 0.3 is 0 Å². The van der Waals surface area contributed by atoms with Crippen molar-refractivity contribution in [2.45, 2.75) is 31.3 Å². The minimum atomic E-state index is -1.59. The number of hydrogen-bond donors (Lipinski definition) is 2. The fraction of sp³-hybridized carbons (Fsp3) is 0.600. The molecule has 100 valence electrons. The lowest BCUT2D eigenvalue weighted by Gasteiger charge is -2.41. The van der Waals surface area contributed by atoms with Gasteiger partial charge in [0.15, 0.2) is 0 Å². The normalized spacial score (nSPS) is 31.7. The molecule has 0 unspecified atom stereocenters. The van der Waals surface area contributed by atoms with Crippen molar-refractivity contribution < 1.29 is 13.0 Å². The smallest absolute Gasteiger partial charge is 0.211 e. The van der Waals surface area contributed by atoms with Gasteiger partial charge in [-0.3, -0.25) is 0 Å². The number of rotatable bonds is 4. The predicted octanol–water partition coefficient (Wildman–Crippen LogP) is 2.33. The van der Waals surface area contributed by atoms with E-state index >= 15 is 0 Å². The maximum atomic E-state index is 9.73.